The van der Waals surface area contributed by atoms with Crippen LogP contribution in [0.1, 0.15) is 11.1 Å². The zero-order valence-corrected chi connectivity index (χ0v) is 11.9. The Morgan fingerprint density at radius 3 is 2.89 bits per heavy atom. The minimum absolute atomic E-state index is 0.844. The van der Waals surface area contributed by atoms with Gasteiger partial charge < -0.3 is 10.6 Å². The summed E-state index contributed by atoms with van der Waals surface area (Å²) in [4.78, 5) is 3.78. The van der Waals surface area contributed by atoms with E-state index >= 15 is 0 Å². The van der Waals surface area contributed by atoms with Gasteiger partial charge in [0, 0.05) is 29.4 Å². The third-order valence-electron chi connectivity index (χ3n) is 3.56. The smallest absolute Gasteiger partial charge is 0.0528 e. The molecule has 1 aliphatic rings. The highest BCUT2D eigenvalue weighted by molar-refractivity contribution is 7.99. The molecule has 3 heteroatoms. The van der Waals surface area contributed by atoms with Crippen LogP contribution in [0.5, 0.6) is 0 Å². The average Bonchev–Trinajstić information content (AvgIpc) is 2.42. The van der Waals surface area contributed by atoms with E-state index in [-0.39, 0.29) is 0 Å². The molecule has 2 nitrogen and oxygen atoms in total. The highest BCUT2D eigenvalue weighted by Gasteiger charge is 2.18. The zero-order valence-electron chi connectivity index (χ0n) is 11.1. The number of rotatable bonds is 2. The normalized spacial score (nSPS) is 14.3. The highest BCUT2D eigenvalue weighted by Crippen LogP contribution is 2.36. The topological polar surface area (TPSA) is 29.3 Å². The SMILES string of the molecule is Cc1ccccc1CN1CCSc2ccc(N)cc21. The first-order valence-corrected chi connectivity index (χ1v) is 7.54. The number of thioether (sulfide) groups is 1. The van der Waals surface area contributed by atoms with Gasteiger partial charge in [-0.25, -0.2) is 0 Å². The van der Waals surface area contributed by atoms with Gasteiger partial charge in [-0.05, 0) is 36.2 Å². The van der Waals surface area contributed by atoms with E-state index in [0.717, 1.165) is 24.5 Å². The summed E-state index contributed by atoms with van der Waals surface area (Å²) < 4.78 is 0. The van der Waals surface area contributed by atoms with Crippen molar-refractivity contribution in [3.05, 3.63) is 53.6 Å². The largest absolute Gasteiger partial charge is 0.399 e. The van der Waals surface area contributed by atoms with Crippen molar-refractivity contribution in [3.8, 4) is 0 Å². The van der Waals surface area contributed by atoms with Crippen molar-refractivity contribution in [2.24, 2.45) is 0 Å². The van der Waals surface area contributed by atoms with E-state index in [4.69, 9.17) is 5.73 Å². The summed E-state index contributed by atoms with van der Waals surface area (Å²) in [5.74, 6) is 1.14. The Bertz CT molecular complexity index is 595. The number of hydrogen-bond donors (Lipinski definition) is 1. The summed E-state index contributed by atoms with van der Waals surface area (Å²) in [6.07, 6.45) is 0. The van der Waals surface area contributed by atoms with Crippen LogP contribution in [0, 0.1) is 6.92 Å². The Morgan fingerprint density at radius 2 is 2.05 bits per heavy atom. The first kappa shape index (κ1) is 12.4. The van der Waals surface area contributed by atoms with Crippen LogP contribution in [-0.2, 0) is 6.54 Å². The van der Waals surface area contributed by atoms with Crippen molar-refractivity contribution in [2.45, 2.75) is 18.4 Å². The molecule has 0 amide bonds. The lowest BCUT2D eigenvalue weighted by molar-refractivity contribution is 0.813. The van der Waals surface area contributed by atoms with Crippen LogP contribution in [0.15, 0.2) is 47.4 Å². The molecular formula is C16H18N2S. The minimum atomic E-state index is 0.844. The molecule has 2 N–H and O–H groups in total. The number of aryl methyl sites for hydroxylation is 1. The van der Waals surface area contributed by atoms with Crippen LogP contribution in [0.4, 0.5) is 11.4 Å². The second-order valence-corrected chi connectivity index (χ2v) is 6.06. The maximum atomic E-state index is 5.93. The molecule has 2 aromatic rings. The van der Waals surface area contributed by atoms with Crippen molar-refractivity contribution < 1.29 is 0 Å². The predicted octanol–water partition coefficient (Wildman–Crippen LogP) is 3.69. The van der Waals surface area contributed by atoms with Gasteiger partial charge in [0.25, 0.3) is 0 Å². The third-order valence-corrected chi connectivity index (χ3v) is 4.61. The maximum Gasteiger partial charge on any atom is 0.0528 e. The summed E-state index contributed by atoms with van der Waals surface area (Å²) in [5, 5.41) is 0. The first-order chi connectivity index (χ1) is 9.24. The van der Waals surface area contributed by atoms with Crippen LogP contribution < -0.4 is 10.6 Å². The number of hydrogen-bond acceptors (Lipinski definition) is 3. The molecular weight excluding hydrogens is 252 g/mol. The van der Waals surface area contributed by atoms with Gasteiger partial charge in [0.2, 0.25) is 0 Å². The van der Waals surface area contributed by atoms with Crippen LogP contribution in [0.3, 0.4) is 0 Å². The van der Waals surface area contributed by atoms with Crippen molar-refractivity contribution in [1.29, 1.82) is 0 Å². The number of nitrogens with zero attached hydrogens (tertiary/aromatic N) is 1. The van der Waals surface area contributed by atoms with Crippen LogP contribution in [-0.4, -0.2) is 12.3 Å². The lowest BCUT2D eigenvalue weighted by Crippen LogP contribution is -2.28. The maximum absolute atomic E-state index is 5.93. The van der Waals surface area contributed by atoms with E-state index in [1.807, 2.05) is 17.8 Å². The van der Waals surface area contributed by atoms with Crippen molar-refractivity contribution in [3.63, 3.8) is 0 Å². The number of benzene rings is 2. The lowest BCUT2D eigenvalue weighted by atomic mass is 10.1. The Balaban J connectivity index is 1.92. The quantitative estimate of drug-likeness (QED) is 0.844. The summed E-state index contributed by atoms with van der Waals surface area (Å²) in [6.45, 7) is 4.22. The Kier molecular flexibility index (Phi) is 3.38. The molecule has 0 aliphatic carbocycles. The number of fused-ring (bicyclic) bond motifs is 1. The van der Waals surface area contributed by atoms with Crippen molar-refractivity contribution >= 4 is 23.1 Å². The van der Waals surface area contributed by atoms with Gasteiger partial charge >= 0.3 is 0 Å². The fraction of sp³-hybridized carbons (Fsp3) is 0.250. The molecule has 0 unspecified atom stereocenters. The standard InChI is InChI=1S/C16H18N2S/c1-12-4-2-3-5-13(12)11-18-8-9-19-16-7-6-14(17)10-15(16)18/h2-7,10H,8-9,11,17H2,1H3. The summed E-state index contributed by atoms with van der Waals surface area (Å²) in [6, 6.07) is 14.8. The van der Waals surface area contributed by atoms with Gasteiger partial charge in [-0.15, -0.1) is 11.8 Å². The van der Waals surface area contributed by atoms with Gasteiger partial charge in [-0.2, -0.15) is 0 Å². The molecule has 0 saturated heterocycles. The molecule has 0 bridgehead atoms. The zero-order chi connectivity index (χ0) is 13.2. The summed E-state index contributed by atoms with van der Waals surface area (Å²) in [7, 11) is 0. The summed E-state index contributed by atoms with van der Waals surface area (Å²) >= 11 is 1.92. The van der Waals surface area contributed by atoms with Crippen LogP contribution >= 0.6 is 11.8 Å². The average molecular weight is 270 g/mol. The lowest BCUT2D eigenvalue weighted by Gasteiger charge is -2.31. The monoisotopic (exact) mass is 270 g/mol. The van der Waals surface area contributed by atoms with E-state index in [1.54, 1.807) is 0 Å². The molecule has 0 spiro atoms. The Labute approximate surface area is 118 Å². The van der Waals surface area contributed by atoms with Gasteiger partial charge in [-0.3, -0.25) is 0 Å². The molecule has 3 rings (SSSR count). The fourth-order valence-corrected chi connectivity index (χ4v) is 3.48. The molecule has 98 valence electrons. The fourth-order valence-electron chi connectivity index (χ4n) is 2.45. The number of nitrogens with two attached hydrogens (primary N) is 1. The van der Waals surface area contributed by atoms with E-state index < -0.39 is 0 Å². The molecule has 1 heterocycles. The van der Waals surface area contributed by atoms with Gasteiger partial charge in [0.1, 0.15) is 0 Å². The predicted molar refractivity (Wildman–Crippen MR) is 83.8 cm³/mol. The summed E-state index contributed by atoms with van der Waals surface area (Å²) in [5.41, 5.74) is 10.8. The second-order valence-electron chi connectivity index (χ2n) is 4.92. The number of nitrogen functional groups attached to an aromatic ring is 1. The van der Waals surface area contributed by atoms with E-state index in [9.17, 15) is 0 Å². The molecule has 0 atom stereocenters. The minimum Gasteiger partial charge on any atom is -0.399 e. The third kappa shape index (κ3) is 2.56. The second kappa shape index (κ2) is 5.17. The Hall–Kier alpha value is -1.61. The van der Waals surface area contributed by atoms with Gasteiger partial charge in [0.05, 0.1) is 5.69 Å². The molecule has 0 aromatic heterocycles. The van der Waals surface area contributed by atoms with E-state index in [0.29, 0.717) is 0 Å². The first-order valence-electron chi connectivity index (χ1n) is 6.56. The molecule has 0 saturated carbocycles. The number of anilines is 2. The molecule has 2 aromatic carbocycles. The van der Waals surface area contributed by atoms with Crippen LogP contribution in [0.2, 0.25) is 0 Å². The Morgan fingerprint density at radius 1 is 1.21 bits per heavy atom. The van der Waals surface area contributed by atoms with Gasteiger partial charge in [0.15, 0.2) is 0 Å². The molecule has 0 radical (unpaired) electrons. The van der Waals surface area contributed by atoms with Crippen molar-refractivity contribution in [2.75, 3.05) is 22.9 Å². The van der Waals surface area contributed by atoms with E-state index in [1.165, 1.54) is 21.7 Å². The molecule has 19 heavy (non-hydrogen) atoms. The molecule has 0 fully saturated rings. The van der Waals surface area contributed by atoms with Gasteiger partial charge in [-0.1, -0.05) is 24.3 Å². The van der Waals surface area contributed by atoms with E-state index in [2.05, 4.69) is 48.2 Å². The van der Waals surface area contributed by atoms with Crippen LogP contribution in [0.25, 0.3) is 0 Å². The molecule has 1 aliphatic heterocycles. The highest BCUT2D eigenvalue weighted by atomic mass is 32.2. The van der Waals surface area contributed by atoms with Crippen molar-refractivity contribution in [1.82, 2.24) is 0 Å².